The van der Waals surface area contributed by atoms with Gasteiger partial charge in [-0.15, -0.1) is 0 Å². The van der Waals surface area contributed by atoms with E-state index in [0.717, 1.165) is 17.3 Å². The van der Waals surface area contributed by atoms with Gasteiger partial charge in [0.25, 0.3) is 5.91 Å². The number of thiocarbonyl (C=S) groups is 1. The molecule has 0 radical (unpaired) electrons. The van der Waals surface area contributed by atoms with E-state index >= 15 is 0 Å². The first kappa shape index (κ1) is 18.9. The Morgan fingerprint density at radius 3 is 2.67 bits per heavy atom. The van der Waals surface area contributed by atoms with Gasteiger partial charge in [0.2, 0.25) is 5.75 Å². The first-order valence-electron chi connectivity index (χ1n) is 7.75. The van der Waals surface area contributed by atoms with Crippen molar-refractivity contribution in [2.24, 2.45) is 0 Å². The van der Waals surface area contributed by atoms with Crippen molar-refractivity contribution in [3.8, 4) is 11.5 Å². The molecule has 9 heteroatoms. The molecule has 1 aliphatic rings. The summed E-state index contributed by atoms with van der Waals surface area (Å²) in [6.07, 6.45) is 1.50. The molecule has 0 saturated carbocycles. The minimum atomic E-state index is -0.712. The molecule has 1 N–H and O–H groups in total. The normalized spacial score (nSPS) is 15.4. The van der Waals surface area contributed by atoms with Crippen LogP contribution in [-0.4, -0.2) is 32.3 Å². The van der Waals surface area contributed by atoms with Gasteiger partial charge in [-0.2, -0.15) is 0 Å². The van der Waals surface area contributed by atoms with Gasteiger partial charge >= 0.3 is 5.69 Å². The number of carbonyl (C=O) groups excluding carboxylic acids is 1. The summed E-state index contributed by atoms with van der Waals surface area (Å²) < 4.78 is 5.39. The van der Waals surface area contributed by atoms with Gasteiger partial charge in [-0.3, -0.25) is 19.8 Å². The van der Waals surface area contributed by atoms with E-state index in [-0.39, 0.29) is 11.7 Å². The molecule has 0 aromatic heterocycles. The minimum absolute atomic E-state index is 0.0461. The van der Waals surface area contributed by atoms with E-state index in [0.29, 0.717) is 21.3 Å². The van der Waals surface area contributed by atoms with Crippen molar-refractivity contribution in [3.05, 3.63) is 68.6 Å². The molecule has 2 aromatic rings. The van der Waals surface area contributed by atoms with Gasteiger partial charge in [0.15, 0.2) is 5.75 Å². The summed E-state index contributed by atoms with van der Waals surface area (Å²) in [5.41, 5.74) is 0.800. The van der Waals surface area contributed by atoms with E-state index in [1.54, 1.807) is 0 Å². The lowest BCUT2D eigenvalue weighted by molar-refractivity contribution is -0.386. The summed E-state index contributed by atoms with van der Waals surface area (Å²) in [5, 5.41) is 21.0. The number of ether oxygens (including phenoxy) is 1. The monoisotopic (exact) mass is 402 g/mol. The topological polar surface area (TPSA) is 92.9 Å². The van der Waals surface area contributed by atoms with Crippen LogP contribution < -0.4 is 4.74 Å². The Hall–Kier alpha value is -2.91. The fraction of sp³-hybridized carbons (Fsp3) is 0.111. The van der Waals surface area contributed by atoms with Crippen LogP contribution in [0.15, 0.2) is 47.4 Å². The first-order valence-corrected chi connectivity index (χ1v) is 8.98. The summed E-state index contributed by atoms with van der Waals surface area (Å²) in [4.78, 5) is 24.9. The maximum absolute atomic E-state index is 12.7. The van der Waals surface area contributed by atoms with Crippen LogP contribution in [-0.2, 0) is 11.3 Å². The molecular weight excluding hydrogens is 388 g/mol. The second kappa shape index (κ2) is 7.77. The maximum Gasteiger partial charge on any atom is 0.315 e. The molecule has 1 heterocycles. The first-order chi connectivity index (χ1) is 12.9. The lowest BCUT2D eigenvalue weighted by Gasteiger charge is -2.14. The number of phenols is 1. The summed E-state index contributed by atoms with van der Waals surface area (Å²) in [7, 11) is 1.29. The van der Waals surface area contributed by atoms with Gasteiger partial charge in [-0.1, -0.05) is 54.3 Å². The third-order valence-electron chi connectivity index (χ3n) is 3.85. The number of benzene rings is 2. The van der Waals surface area contributed by atoms with Gasteiger partial charge in [0.05, 0.1) is 23.5 Å². The number of amides is 1. The van der Waals surface area contributed by atoms with Crippen LogP contribution in [0.2, 0.25) is 0 Å². The van der Waals surface area contributed by atoms with Crippen LogP contribution in [0.25, 0.3) is 6.08 Å². The Kier molecular flexibility index (Phi) is 5.43. The Bertz CT molecular complexity index is 960. The zero-order valence-corrected chi connectivity index (χ0v) is 15.8. The van der Waals surface area contributed by atoms with Crippen LogP contribution in [0.3, 0.4) is 0 Å². The maximum atomic E-state index is 12.7. The van der Waals surface area contributed by atoms with Crippen molar-refractivity contribution >= 4 is 46.0 Å². The van der Waals surface area contributed by atoms with E-state index in [1.165, 1.54) is 30.2 Å². The zero-order chi connectivity index (χ0) is 19.6. The lowest BCUT2D eigenvalue weighted by atomic mass is 10.1. The number of nitro groups is 1. The van der Waals surface area contributed by atoms with Crippen LogP contribution in [0.4, 0.5) is 5.69 Å². The number of rotatable bonds is 5. The number of thioether (sulfide) groups is 1. The van der Waals surface area contributed by atoms with Gasteiger partial charge in [0.1, 0.15) is 4.32 Å². The fourth-order valence-corrected chi connectivity index (χ4v) is 3.80. The quantitative estimate of drug-likeness (QED) is 0.353. The largest absolute Gasteiger partial charge is 0.500 e. The van der Waals surface area contributed by atoms with Crippen molar-refractivity contribution in [2.75, 3.05) is 7.11 Å². The molecule has 0 aliphatic carbocycles. The Morgan fingerprint density at radius 1 is 1.33 bits per heavy atom. The van der Waals surface area contributed by atoms with Gasteiger partial charge in [0, 0.05) is 6.07 Å². The van der Waals surface area contributed by atoms with Crippen molar-refractivity contribution in [1.82, 2.24) is 4.90 Å². The molecule has 1 saturated heterocycles. The SMILES string of the molecule is COc1cc(/C=C2/SC(=S)N(Cc3ccccc3)C2=O)cc([N+](=O)[O-])c1O. The summed E-state index contributed by atoms with van der Waals surface area (Å²) in [6, 6.07) is 12.1. The highest BCUT2D eigenvalue weighted by Gasteiger charge is 2.32. The molecule has 3 rings (SSSR count). The van der Waals surface area contributed by atoms with E-state index in [9.17, 15) is 20.0 Å². The highest BCUT2D eigenvalue weighted by atomic mass is 32.2. The molecule has 2 aromatic carbocycles. The van der Waals surface area contributed by atoms with E-state index in [4.69, 9.17) is 17.0 Å². The smallest absolute Gasteiger partial charge is 0.315 e. The van der Waals surface area contributed by atoms with Crippen LogP contribution in [0.5, 0.6) is 11.5 Å². The lowest BCUT2D eigenvalue weighted by Crippen LogP contribution is -2.27. The molecule has 1 aliphatic heterocycles. The molecule has 7 nitrogen and oxygen atoms in total. The average Bonchev–Trinajstić information content (AvgIpc) is 2.91. The Balaban J connectivity index is 1.92. The second-order valence-electron chi connectivity index (χ2n) is 5.60. The number of phenolic OH excluding ortho intramolecular Hbond substituents is 1. The van der Waals surface area contributed by atoms with Gasteiger partial charge in [-0.25, -0.2) is 0 Å². The molecule has 1 fully saturated rings. The van der Waals surface area contributed by atoms with E-state index < -0.39 is 16.4 Å². The summed E-state index contributed by atoms with van der Waals surface area (Å²) >= 11 is 6.42. The predicted octanol–water partition coefficient (Wildman–Crippen LogP) is 3.71. The second-order valence-corrected chi connectivity index (χ2v) is 7.28. The number of carbonyl (C=O) groups is 1. The minimum Gasteiger partial charge on any atom is -0.500 e. The predicted molar refractivity (Wildman–Crippen MR) is 106 cm³/mol. The molecule has 0 spiro atoms. The summed E-state index contributed by atoms with van der Waals surface area (Å²) in [6.45, 7) is 0.349. The van der Waals surface area contributed by atoms with Gasteiger partial charge < -0.3 is 9.84 Å². The highest BCUT2D eigenvalue weighted by molar-refractivity contribution is 8.26. The molecule has 0 atom stereocenters. The Morgan fingerprint density at radius 2 is 2.04 bits per heavy atom. The van der Waals surface area contributed by atoms with Crippen molar-refractivity contribution in [2.45, 2.75) is 6.54 Å². The number of nitro benzene ring substituents is 1. The van der Waals surface area contributed by atoms with Crippen molar-refractivity contribution < 1.29 is 19.6 Å². The number of hydrogen-bond donors (Lipinski definition) is 1. The van der Waals surface area contributed by atoms with Crippen LogP contribution >= 0.6 is 24.0 Å². The molecule has 27 heavy (non-hydrogen) atoms. The zero-order valence-electron chi connectivity index (χ0n) is 14.1. The number of hydrogen-bond acceptors (Lipinski definition) is 7. The van der Waals surface area contributed by atoms with E-state index in [2.05, 4.69) is 0 Å². The average molecular weight is 402 g/mol. The fourth-order valence-electron chi connectivity index (χ4n) is 2.55. The standard InChI is InChI=1S/C18H14N2O5S2/c1-25-14-8-12(7-13(16(14)21)20(23)24)9-15-17(22)19(18(26)27-15)10-11-5-3-2-4-6-11/h2-9,21H,10H2,1H3/b15-9+. The third-order valence-corrected chi connectivity index (χ3v) is 5.23. The van der Waals surface area contributed by atoms with Gasteiger partial charge in [-0.05, 0) is 23.3 Å². The summed E-state index contributed by atoms with van der Waals surface area (Å²) in [5.74, 6) is -0.880. The Labute approximate surface area is 164 Å². The molecule has 0 unspecified atom stereocenters. The molecule has 1 amide bonds. The van der Waals surface area contributed by atoms with Crippen LogP contribution in [0.1, 0.15) is 11.1 Å². The molecule has 138 valence electrons. The third kappa shape index (κ3) is 3.93. The number of nitrogens with zero attached hydrogens (tertiary/aromatic N) is 2. The molecular formula is C18H14N2O5S2. The van der Waals surface area contributed by atoms with E-state index in [1.807, 2.05) is 30.3 Å². The van der Waals surface area contributed by atoms with Crippen LogP contribution in [0, 0.1) is 10.1 Å². The number of methoxy groups -OCH3 is 1. The van der Waals surface area contributed by atoms with Crippen molar-refractivity contribution in [1.29, 1.82) is 0 Å². The molecule has 0 bridgehead atoms. The highest BCUT2D eigenvalue weighted by Crippen LogP contribution is 2.39. The number of aromatic hydroxyl groups is 1. The van der Waals surface area contributed by atoms with Crippen molar-refractivity contribution in [3.63, 3.8) is 0 Å².